The molecule has 0 bridgehead atoms. The molecule has 178 valence electrons. The zero-order valence-corrected chi connectivity index (χ0v) is 21.4. The fourth-order valence-electron chi connectivity index (χ4n) is 4.30. The summed E-state index contributed by atoms with van der Waals surface area (Å²) in [6, 6.07) is 0. The Kier molecular flexibility index (Phi) is 28.1. The minimum Gasteiger partial charge on any atom is -0.103 e. The quantitative estimate of drug-likeness (QED) is 0.108. The number of unbranched alkanes of at least 4 members (excludes halogenated alkanes) is 24. The first-order chi connectivity index (χ1) is 14.9. The van der Waals surface area contributed by atoms with E-state index in [4.69, 9.17) is 0 Å². The molecule has 0 amide bonds. The summed E-state index contributed by atoms with van der Waals surface area (Å²) in [4.78, 5) is 0. The van der Waals surface area contributed by atoms with Crippen LogP contribution < -0.4 is 0 Å². The van der Waals surface area contributed by atoms with E-state index in [-0.39, 0.29) is 0 Å². The molecule has 0 saturated heterocycles. The average molecular weight is 419 g/mol. The molecule has 0 radical (unpaired) electrons. The van der Waals surface area contributed by atoms with Gasteiger partial charge in [-0.25, -0.2) is 0 Å². The maximum atomic E-state index is 3.30. The third-order valence-corrected chi connectivity index (χ3v) is 6.41. The van der Waals surface area contributed by atoms with Crippen LogP contribution in [0, 0.1) is 11.8 Å². The first-order valence-corrected chi connectivity index (χ1v) is 14.4. The largest absolute Gasteiger partial charge is 0.103 e. The molecule has 0 atom stereocenters. The highest BCUT2D eigenvalue weighted by Crippen LogP contribution is 2.15. The highest BCUT2D eigenvalue weighted by molar-refractivity contribution is 4.98. The first kappa shape index (κ1) is 29.6. The van der Waals surface area contributed by atoms with Gasteiger partial charge in [0.25, 0.3) is 0 Å². The maximum absolute atomic E-state index is 3.30. The van der Waals surface area contributed by atoms with Gasteiger partial charge in [0, 0.05) is 12.8 Å². The second-order valence-corrected chi connectivity index (χ2v) is 9.63. The van der Waals surface area contributed by atoms with Crippen LogP contribution in [0.25, 0.3) is 0 Å². The maximum Gasteiger partial charge on any atom is 0.00886 e. The summed E-state index contributed by atoms with van der Waals surface area (Å²) in [5.74, 6) is 6.55. The van der Waals surface area contributed by atoms with Gasteiger partial charge < -0.3 is 0 Å². The Hall–Kier alpha value is -0.440. The van der Waals surface area contributed by atoms with Gasteiger partial charge in [0.1, 0.15) is 0 Å². The Balaban J connectivity index is 3.01. The van der Waals surface area contributed by atoms with Gasteiger partial charge in [0.15, 0.2) is 0 Å². The van der Waals surface area contributed by atoms with Crippen LogP contribution in [0.3, 0.4) is 0 Å². The van der Waals surface area contributed by atoms with Gasteiger partial charge in [-0.1, -0.05) is 155 Å². The van der Waals surface area contributed by atoms with E-state index in [2.05, 4.69) is 25.7 Å². The molecule has 0 rings (SSSR count). The molecular weight excluding hydrogens is 360 g/mol. The lowest BCUT2D eigenvalue weighted by atomic mass is 10.0. The molecule has 0 fully saturated rings. The third-order valence-electron chi connectivity index (χ3n) is 6.41. The van der Waals surface area contributed by atoms with E-state index in [0.29, 0.717) is 0 Å². The van der Waals surface area contributed by atoms with Crippen LogP contribution in [-0.2, 0) is 0 Å². The van der Waals surface area contributed by atoms with E-state index in [1.807, 2.05) is 0 Å². The van der Waals surface area contributed by atoms with Gasteiger partial charge in [-0.2, -0.15) is 0 Å². The molecule has 0 aliphatic heterocycles. The van der Waals surface area contributed by atoms with Crippen molar-refractivity contribution in [3.8, 4) is 11.8 Å². The molecule has 0 aliphatic rings. The third kappa shape index (κ3) is 27.6. The zero-order chi connectivity index (χ0) is 21.8. The standard InChI is InChI=1S/C30H58/c1-3-5-7-9-11-13-15-17-19-21-23-25-27-29-30-28-26-24-22-20-18-16-14-12-10-8-6-4-2/h3-7,9,11-30H2,1-2H3. The van der Waals surface area contributed by atoms with Crippen molar-refractivity contribution in [3.05, 3.63) is 0 Å². The molecule has 0 aromatic rings. The van der Waals surface area contributed by atoms with Gasteiger partial charge in [-0.05, 0) is 12.8 Å². The van der Waals surface area contributed by atoms with Crippen molar-refractivity contribution in [2.24, 2.45) is 0 Å². The summed E-state index contributed by atoms with van der Waals surface area (Å²) < 4.78 is 0. The summed E-state index contributed by atoms with van der Waals surface area (Å²) in [5, 5.41) is 0. The molecule has 30 heavy (non-hydrogen) atoms. The molecular formula is C30H58. The first-order valence-electron chi connectivity index (χ1n) is 14.4. The average Bonchev–Trinajstić information content (AvgIpc) is 2.76. The van der Waals surface area contributed by atoms with Crippen molar-refractivity contribution in [2.75, 3.05) is 0 Å². The van der Waals surface area contributed by atoms with E-state index in [1.165, 1.54) is 154 Å². The van der Waals surface area contributed by atoms with Crippen LogP contribution in [-0.4, -0.2) is 0 Å². The van der Waals surface area contributed by atoms with Crippen LogP contribution in [0.5, 0.6) is 0 Å². The molecule has 0 saturated carbocycles. The Morgan fingerprint density at radius 2 is 0.533 bits per heavy atom. The molecule has 0 heterocycles. The van der Waals surface area contributed by atoms with Crippen LogP contribution in [0.1, 0.15) is 181 Å². The molecule has 0 aliphatic carbocycles. The lowest BCUT2D eigenvalue weighted by Gasteiger charge is -2.04. The molecule has 0 unspecified atom stereocenters. The smallest absolute Gasteiger partial charge is 0.00886 e. The zero-order valence-electron chi connectivity index (χ0n) is 21.4. The van der Waals surface area contributed by atoms with Crippen molar-refractivity contribution in [1.82, 2.24) is 0 Å². The molecule has 0 N–H and O–H groups in total. The predicted molar refractivity (Wildman–Crippen MR) is 139 cm³/mol. The van der Waals surface area contributed by atoms with Crippen molar-refractivity contribution < 1.29 is 0 Å². The molecule has 0 aromatic carbocycles. The van der Waals surface area contributed by atoms with Gasteiger partial charge >= 0.3 is 0 Å². The van der Waals surface area contributed by atoms with E-state index >= 15 is 0 Å². The van der Waals surface area contributed by atoms with E-state index in [1.54, 1.807) is 0 Å². The Labute approximate surface area is 192 Å². The lowest BCUT2D eigenvalue weighted by Crippen LogP contribution is -1.84. The number of rotatable bonds is 24. The topological polar surface area (TPSA) is 0 Å². The fraction of sp³-hybridized carbons (Fsp3) is 0.933. The lowest BCUT2D eigenvalue weighted by molar-refractivity contribution is 0.518. The Bertz CT molecular complexity index is 345. The summed E-state index contributed by atoms with van der Waals surface area (Å²) in [7, 11) is 0. The summed E-state index contributed by atoms with van der Waals surface area (Å²) in [6.45, 7) is 4.51. The van der Waals surface area contributed by atoms with Crippen molar-refractivity contribution in [1.29, 1.82) is 0 Å². The van der Waals surface area contributed by atoms with Crippen LogP contribution in [0.2, 0.25) is 0 Å². The van der Waals surface area contributed by atoms with Crippen molar-refractivity contribution >= 4 is 0 Å². The SMILES string of the molecule is CCCC#CCCCCCCCCCCCCCCCCCCCCCCCCC. The van der Waals surface area contributed by atoms with Crippen molar-refractivity contribution in [3.63, 3.8) is 0 Å². The van der Waals surface area contributed by atoms with E-state index < -0.39 is 0 Å². The van der Waals surface area contributed by atoms with Gasteiger partial charge in [-0.15, -0.1) is 11.8 Å². The highest BCUT2D eigenvalue weighted by Gasteiger charge is 1.95. The summed E-state index contributed by atoms with van der Waals surface area (Å²) in [6.07, 6.45) is 36.9. The molecule has 0 heteroatoms. The number of hydrogen-bond acceptors (Lipinski definition) is 0. The Morgan fingerprint density at radius 1 is 0.267 bits per heavy atom. The highest BCUT2D eigenvalue weighted by atomic mass is 14.0. The van der Waals surface area contributed by atoms with Crippen LogP contribution in [0.4, 0.5) is 0 Å². The van der Waals surface area contributed by atoms with E-state index in [0.717, 1.165) is 12.8 Å². The predicted octanol–water partition coefficient (Wildman–Crippen LogP) is 11.2. The van der Waals surface area contributed by atoms with Gasteiger partial charge in [0.2, 0.25) is 0 Å². The number of hydrogen-bond donors (Lipinski definition) is 0. The minimum atomic E-state index is 1.08. The molecule has 0 aromatic heterocycles. The fourth-order valence-corrected chi connectivity index (χ4v) is 4.30. The monoisotopic (exact) mass is 418 g/mol. The minimum absolute atomic E-state index is 1.08. The van der Waals surface area contributed by atoms with Crippen LogP contribution in [0.15, 0.2) is 0 Å². The van der Waals surface area contributed by atoms with Crippen LogP contribution >= 0.6 is 0 Å². The van der Waals surface area contributed by atoms with Gasteiger partial charge in [0.05, 0.1) is 0 Å². The molecule has 0 spiro atoms. The second kappa shape index (κ2) is 28.6. The van der Waals surface area contributed by atoms with Crippen molar-refractivity contribution in [2.45, 2.75) is 181 Å². The second-order valence-electron chi connectivity index (χ2n) is 9.63. The van der Waals surface area contributed by atoms with E-state index in [9.17, 15) is 0 Å². The van der Waals surface area contributed by atoms with Gasteiger partial charge in [-0.3, -0.25) is 0 Å². The molecule has 0 nitrogen and oxygen atoms in total. The normalized spacial score (nSPS) is 10.9. The Morgan fingerprint density at radius 3 is 0.833 bits per heavy atom. The summed E-state index contributed by atoms with van der Waals surface area (Å²) in [5.41, 5.74) is 0. The summed E-state index contributed by atoms with van der Waals surface area (Å²) >= 11 is 0.